The lowest BCUT2D eigenvalue weighted by Gasteiger charge is -2.27. The summed E-state index contributed by atoms with van der Waals surface area (Å²) in [6, 6.07) is 13.6. The van der Waals surface area contributed by atoms with Crippen LogP contribution in [0.4, 0.5) is 0 Å². The molecule has 2 aliphatic heterocycles. The monoisotopic (exact) mass is 417 g/mol. The van der Waals surface area contributed by atoms with Crippen molar-refractivity contribution in [2.75, 3.05) is 39.3 Å². The molecule has 0 saturated carbocycles. The molecule has 2 aromatic heterocycles. The topological polar surface area (TPSA) is 70.0 Å². The number of aromatic nitrogens is 2. The lowest BCUT2D eigenvalue weighted by atomic mass is 10.1. The lowest BCUT2D eigenvalue weighted by molar-refractivity contribution is 0.0722. The average molecular weight is 418 g/mol. The summed E-state index contributed by atoms with van der Waals surface area (Å²) in [7, 11) is 0. The van der Waals surface area contributed by atoms with Gasteiger partial charge in [-0.25, -0.2) is 4.52 Å². The zero-order valence-corrected chi connectivity index (χ0v) is 17.6. The summed E-state index contributed by atoms with van der Waals surface area (Å²) in [5, 5.41) is 7.80. The van der Waals surface area contributed by atoms with Crippen LogP contribution in [0, 0.1) is 0 Å². The molecule has 1 N–H and O–H groups in total. The van der Waals surface area contributed by atoms with Crippen molar-refractivity contribution in [2.45, 2.75) is 19.3 Å². The second kappa shape index (κ2) is 8.51. The van der Waals surface area contributed by atoms with E-state index in [0.717, 1.165) is 68.9 Å². The van der Waals surface area contributed by atoms with Gasteiger partial charge in [0.1, 0.15) is 0 Å². The zero-order valence-electron chi connectivity index (χ0n) is 17.6. The Morgan fingerprint density at radius 1 is 0.806 bits per heavy atom. The maximum atomic E-state index is 13.0. The van der Waals surface area contributed by atoms with Crippen molar-refractivity contribution in [1.82, 2.24) is 24.7 Å². The van der Waals surface area contributed by atoms with Crippen LogP contribution in [0.2, 0.25) is 0 Å². The fourth-order valence-electron chi connectivity index (χ4n) is 4.50. The van der Waals surface area contributed by atoms with Gasteiger partial charge in [0.25, 0.3) is 11.8 Å². The van der Waals surface area contributed by atoms with Crippen LogP contribution in [-0.4, -0.2) is 70.5 Å². The molecule has 2 saturated heterocycles. The predicted molar refractivity (Wildman–Crippen MR) is 119 cm³/mol. The van der Waals surface area contributed by atoms with E-state index in [9.17, 15) is 9.59 Å². The summed E-state index contributed by atoms with van der Waals surface area (Å²) in [5.74, 6) is 0.128. The molecule has 7 heteroatoms. The second-order valence-electron chi connectivity index (χ2n) is 8.24. The van der Waals surface area contributed by atoms with Crippen LogP contribution < -0.4 is 5.32 Å². The lowest BCUT2D eigenvalue weighted by Crippen LogP contribution is -2.46. The molecule has 0 radical (unpaired) electrons. The van der Waals surface area contributed by atoms with Gasteiger partial charge in [0.05, 0.1) is 23.0 Å². The van der Waals surface area contributed by atoms with Gasteiger partial charge in [-0.05, 0) is 43.5 Å². The van der Waals surface area contributed by atoms with Crippen molar-refractivity contribution in [3.63, 3.8) is 0 Å². The minimum absolute atomic E-state index is 0.0591. The van der Waals surface area contributed by atoms with Gasteiger partial charge in [0.2, 0.25) is 0 Å². The van der Waals surface area contributed by atoms with Crippen LogP contribution in [-0.2, 0) is 0 Å². The minimum Gasteiger partial charge on any atom is -0.339 e. The fourth-order valence-corrected chi connectivity index (χ4v) is 4.50. The van der Waals surface area contributed by atoms with Crippen LogP contribution in [0.1, 0.15) is 40.0 Å². The highest BCUT2D eigenvalue weighted by atomic mass is 16.2. The number of carbonyl (C=O) groups is 2. The first-order chi connectivity index (χ1) is 15.2. The summed E-state index contributed by atoms with van der Waals surface area (Å²) < 4.78 is 1.82. The number of pyridine rings is 1. The third kappa shape index (κ3) is 3.81. The third-order valence-corrected chi connectivity index (χ3v) is 6.25. The average Bonchev–Trinajstić information content (AvgIpc) is 3.29. The Balaban J connectivity index is 1.42. The molecule has 7 nitrogen and oxygen atoms in total. The maximum Gasteiger partial charge on any atom is 0.257 e. The quantitative estimate of drug-likeness (QED) is 0.711. The molecule has 160 valence electrons. The molecule has 31 heavy (non-hydrogen) atoms. The number of hydrogen-bond acceptors (Lipinski definition) is 4. The van der Waals surface area contributed by atoms with Crippen LogP contribution >= 0.6 is 0 Å². The largest absolute Gasteiger partial charge is 0.339 e. The van der Waals surface area contributed by atoms with Gasteiger partial charge in [-0.3, -0.25) is 9.59 Å². The van der Waals surface area contributed by atoms with Crippen molar-refractivity contribution in [3.8, 4) is 11.3 Å². The summed E-state index contributed by atoms with van der Waals surface area (Å²) in [6.07, 6.45) is 5.00. The molecule has 0 atom stereocenters. The molecule has 2 fully saturated rings. The van der Waals surface area contributed by atoms with Gasteiger partial charge in [-0.2, -0.15) is 5.10 Å². The summed E-state index contributed by atoms with van der Waals surface area (Å²) >= 11 is 0. The van der Waals surface area contributed by atoms with E-state index in [1.807, 2.05) is 56.8 Å². The smallest absolute Gasteiger partial charge is 0.257 e. The van der Waals surface area contributed by atoms with Crippen molar-refractivity contribution in [2.24, 2.45) is 0 Å². The zero-order chi connectivity index (χ0) is 21.2. The molecule has 2 amide bonds. The number of likely N-dealkylation sites (tertiary alicyclic amines) is 1. The van der Waals surface area contributed by atoms with Crippen LogP contribution in [0.25, 0.3) is 16.8 Å². The Kier molecular flexibility index (Phi) is 5.42. The van der Waals surface area contributed by atoms with E-state index < -0.39 is 0 Å². The fraction of sp³-hybridized carbons (Fsp3) is 0.375. The van der Waals surface area contributed by atoms with Crippen molar-refractivity contribution < 1.29 is 9.59 Å². The van der Waals surface area contributed by atoms with E-state index in [-0.39, 0.29) is 11.8 Å². The Hall–Kier alpha value is -3.19. The van der Waals surface area contributed by atoms with E-state index >= 15 is 0 Å². The minimum atomic E-state index is 0.0591. The van der Waals surface area contributed by atoms with Gasteiger partial charge in [-0.1, -0.05) is 18.2 Å². The number of fused-ring (bicyclic) bond motifs is 1. The Bertz CT molecular complexity index is 1090. The van der Waals surface area contributed by atoms with Gasteiger partial charge in [0.15, 0.2) is 0 Å². The van der Waals surface area contributed by atoms with Gasteiger partial charge < -0.3 is 15.1 Å². The molecule has 2 aliphatic rings. The van der Waals surface area contributed by atoms with Crippen LogP contribution in [0.5, 0.6) is 0 Å². The highest BCUT2D eigenvalue weighted by Crippen LogP contribution is 2.24. The van der Waals surface area contributed by atoms with E-state index in [4.69, 9.17) is 0 Å². The van der Waals surface area contributed by atoms with Crippen molar-refractivity contribution >= 4 is 17.3 Å². The highest BCUT2D eigenvalue weighted by Gasteiger charge is 2.22. The van der Waals surface area contributed by atoms with Crippen molar-refractivity contribution in [3.05, 3.63) is 59.8 Å². The number of benzene rings is 1. The van der Waals surface area contributed by atoms with Gasteiger partial charge in [-0.15, -0.1) is 0 Å². The molecule has 0 aliphatic carbocycles. The van der Waals surface area contributed by atoms with Crippen molar-refractivity contribution in [1.29, 1.82) is 0 Å². The number of carbonyl (C=O) groups excluding carboxylic acids is 2. The van der Waals surface area contributed by atoms with E-state index in [1.54, 1.807) is 6.20 Å². The highest BCUT2D eigenvalue weighted by molar-refractivity contribution is 6.01. The second-order valence-corrected chi connectivity index (χ2v) is 8.24. The third-order valence-electron chi connectivity index (χ3n) is 6.25. The first kappa shape index (κ1) is 19.8. The number of piperidine rings is 1. The number of nitrogens with one attached hydrogen (secondary N) is 1. The number of piperazine rings is 1. The van der Waals surface area contributed by atoms with Gasteiger partial charge in [0, 0.05) is 50.4 Å². The number of amides is 2. The standard InChI is InChI=1S/C24H27N5O2/c30-23(28-15-11-25-12-16-28)19-9-7-18(8-10-19)21-5-4-6-22-20(17-26-29(21)22)24(31)27-13-2-1-3-14-27/h4-10,17,25H,1-3,11-16H2. The molecule has 4 heterocycles. The normalized spacial score (nSPS) is 17.2. The molecule has 1 aromatic carbocycles. The van der Waals surface area contributed by atoms with Crippen LogP contribution in [0.15, 0.2) is 48.7 Å². The Morgan fingerprint density at radius 3 is 2.26 bits per heavy atom. The van der Waals surface area contributed by atoms with E-state index in [0.29, 0.717) is 11.1 Å². The molecular formula is C24H27N5O2. The SMILES string of the molecule is O=C(c1ccc(-c2cccc3c(C(=O)N4CCCCC4)cnn23)cc1)N1CCNCC1. The van der Waals surface area contributed by atoms with Crippen LogP contribution in [0.3, 0.4) is 0 Å². The molecule has 0 spiro atoms. The number of nitrogens with zero attached hydrogens (tertiary/aromatic N) is 4. The molecule has 5 rings (SSSR count). The Morgan fingerprint density at radius 2 is 1.52 bits per heavy atom. The number of hydrogen-bond donors (Lipinski definition) is 1. The number of rotatable bonds is 3. The summed E-state index contributed by atoms with van der Waals surface area (Å²) in [6.45, 7) is 4.78. The predicted octanol–water partition coefficient (Wildman–Crippen LogP) is 2.67. The first-order valence-corrected chi connectivity index (χ1v) is 11.1. The molecular weight excluding hydrogens is 390 g/mol. The first-order valence-electron chi connectivity index (χ1n) is 11.1. The van der Waals surface area contributed by atoms with E-state index in [2.05, 4.69) is 10.4 Å². The molecule has 3 aromatic rings. The van der Waals surface area contributed by atoms with E-state index in [1.165, 1.54) is 6.42 Å². The molecule has 0 unspecified atom stereocenters. The summed E-state index contributed by atoms with van der Waals surface area (Å²) in [4.78, 5) is 29.6. The maximum absolute atomic E-state index is 13.0. The summed E-state index contributed by atoms with van der Waals surface area (Å²) in [5.41, 5.74) is 4.02. The molecule has 0 bridgehead atoms. The van der Waals surface area contributed by atoms with Gasteiger partial charge >= 0.3 is 0 Å². The Labute approximate surface area is 181 Å².